The summed E-state index contributed by atoms with van der Waals surface area (Å²) in [6.45, 7) is 6.50. The lowest BCUT2D eigenvalue weighted by Crippen LogP contribution is -2.02. The molecule has 0 spiro atoms. The standard InChI is InChI=1S/C13H16N4S/c1-8-9(2)16-13(17-10(8)3)18-12-11(7-14)5-4-6-15-12/h4-6H,7,14H2,1-3H3. The highest BCUT2D eigenvalue weighted by atomic mass is 32.2. The van der Waals surface area contributed by atoms with E-state index in [9.17, 15) is 0 Å². The molecular formula is C13H16N4S. The molecule has 0 atom stereocenters. The van der Waals surface area contributed by atoms with Crippen LogP contribution in [0, 0.1) is 20.8 Å². The summed E-state index contributed by atoms with van der Waals surface area (Å²) < 4.78 is 0. The van der Waals surface area contributed by atoms with E-state index < -0.39 is 0 Å². The van der Waals surface area contributed by atoms with E-state index in [2.05, 4.69) is 15.0 Å². The van der Waals surface area contributed by atoms with E-state index in [1.54, 1.807) is 6.20 Å². The maximum atomic E-state index is 5.69. The monoisotopic (exact) mass is 260 g/mol. The topological polar surface area (TPSA) is 64.7 Å². The first-order chi connectivity index (χ1) is 8.61. The number of pyridine rings is 1. The normalized spacial score (nSPS) is 10.7. The van der Waals surface area contributed by atoms with Gasteiger partial charge >= 0.3 is 0 Å². The Balaban J connectivity index is 2.34. The molecule has 0 saturated carbocycles. The predicted molar refractivity (Wildman–Crippen MR) is 72.5 cm³/mol. The third kappa shape index (κ3) is 2.68. The van der Waals surface area contributed by atoms with Crippen LogP contribution in [0.15, 0.2) is 28.5 Å². The molecule has 0 fully saturated rings. The van der Waals surface area contributed by atoms with E-state index in [0.29, 0.717) is 6.54 Å². The summed E-state index contributed by atoms with van der Waals surface area (Å²) in [5.41, 5.74) is 9.87. The summed E-state index contributed by atoms with van der Waals surface area (Å²) in [5.74, 6) is 0. The second-order valence-corrected chi connectivity index (χ2v) is 5.03. The quantitative estimate of drug-likeness (QED) is 0.858. The minimum atomic E-state index is 0.472. The van der Waals surface area contributed by atoms with Crippen LogP contribution in [0.3, 0.4) is 0 Å². The first kappa shape index (κ1) is 13.0. The Labute approximate surface area is 111 Å². The third-order valence-electron chi connectivity index (χ3n) is 2.87. The highest BCUT2D eigenvalue weighted by molar-refractivity contribution is 7.99. The average molecular weight is 260 g/mol. The molecule has 0 saturated heterocycles. The van der Waals surface area contributed by atoms with Crippen LogP contribution in [0.25, 0.3) is 0 Å². The number of hydrogen-bond acceptors (Lipinski definition) is 5. The van der Waals surface area contributed by atoms with Crippen LogP contribution in [0.5, 0.6) is 0 Å². The van der Waals surface area contributed by atoms with Crippen molar-refractivity contribution >= 4 is 11.8 Å². The lowest BCUT2D eigenvalue weighted by atomic mass is 10.2. The van der Waals surface area contributed by atoms with Gasteiger partial charge in [0.2, 0.25) is 0 Å². The largest absolute Gasteiger partial charge is 0.326 e. The molecule has 5 heteroatoms. The van der Waals surface area contributed by atoms with Crippen LogP contribution < -0.4 is 5.73 Å². The summed E-state index contributed by atoms with van der Waals surface area (Å²) in [4.78, 5) is 13.3. The fraction of sp³-hybridized carbons (Fsp3) is 0.308. The molecule has 0 aliphatic rings. The van der Waals surface area contributed by atoms with Crippen LogP contribution in [0.1, 0.15) is 22.5 Å². The zero-order chi connectivity index (χ0) is 13.1. The van der Waals surface area contributed by atoms with Gasteiger partial charge in [0.05, 0.1) is 0 Å². The molecule has 0 aromatic carbocycles. The third-order valence-corrected chi connectivity index (χ3v) is 3.80. The zero-order valence-electron chi connectivity index (χ0n) is 10.8. The minimum absolute atomic E-state index is 0.472. The van der Waals surface area contributed by atoms with Gasteiger partial charge in [-0.25, -0.2) is 15.0 Å². The number of aryl methyl sites for hydroxylation is 2. The molecule has 0 unspecified atom stereocenters. The van der Waals surface area contributed by atoms with Gasteiger partial charge in [0, 0.05) is 24.1 Å². The number of rotatable bonds is 3. The summed E-state index contributed by atoms with van der Waals surface area (Å²) >= 11 is 1.46. The fourth-order valence-corrected chi connectivity index (χ4v) is 2.48. The van der Waals surface area contributed by atoms with E-state index in [4.69, 9.17) is 5.73 Å². The van der Waals surface area contributed by atoms with Crippen molar-refractivity contribution in [2.75, 3.05) is 0 Å². The number of nitrogens with two attached hydrogens (primary N) is 1. The minimum Gasteiger partial charge on any atom is -0.326 e. The van der Waals surface area contributed by atoms with E-state index in [0.717, 1.165) is 32.7 Å². The van der Waals surface area contributed by atoms with Crippen molar-refractivity contribution in [2.45, 2.75) is 37.5 Å². The summed E-state index contributed by atoms with van der Waals surface area (Å²) in [6.07, 6.45) is 1.76. The Hall–Kier alpha value is -1.46. The maximum Gasteiger partial charge on any atom is 0.194 e. The van der Waals surface area contributed by atoms with E-state index >= 15 is 0 Å². The van der Waals surface area contributed by atoms with Crippen molar-refractivity contribution in [3.05, 3.63) is 40.8 Å². The van der Waals surface area contributed by atoms with Gasteiger partial charge in [0.1, 0.15) is 5.03 Å². The van der Waals surface area contributed by atoms with Gasteiger partial charge in [-0.3, -0.25) is 0 Å². The Morgan fingerprint density at radius 1 is 1.17 bits per heavy atom. The highest BCUT2D eigenvalue weighted by Crippen LogP contribution is 2.26. The molecule has 0 bridgehead atoms. The molecule has 2 aromatic heterocycles. The molecule has 4 nitrogen and oxygen atoms in total. The lowest BCUT2D eigenvalue weighted by Gasteiger charge is -2.08. The Bertz CT molecular complexity index is 546. The molecule has 2 heterocycles. The van der Waals surface area contributed by atoms with Crippen LogP contribution in [-0.4, -0.2) is 15.0 Å². The van der Waals surface area contributed by atoms with Gasteiger partial charge in [-0.15, -0.1) is 0 Å². The summed E-state index contributed by atoms with van der Waals surface area (Å²) in [5, 5.41) is 1.60. The van der Waals surface area contributed by atoms with Gasteiger partial charge in [0.25, 0.3) is 0 Å². The molecule has 0 aliphatic heterocycles. The second-order valence-electron chi connectivity index (χ2n) is 4.08. The van der Waals surface area contributed by atoms with Crippen molar-refractivity contribution in [1.82, 2.24) is 15.0 Å². The fourth-order valence-electron chi connectivity index (χ4n) is 1.54. The van der Waals surface area contributed by atoms with Crippen molar-refractivity contribution in [3.63, 3.8) is 0 Å². The average Bonchev–Trinajstić information content (AvgIpc) is 2.36. The van der Waals surface area contributed by atoms with Crippen LogP contribution in [0.4, 0.5) is 0 Å². The van der Waals surface area contributed by atoms with Crippen molar-refractivity contribution in [3.8, 4) is 0 Å². The SMILES string of the molecule is Cc1nc(Sc2ncccc2CN)nc(C)c1C. The Morgan fingerprint density at radius 3 is 2.44 bits per heavy atom. The van der Waals surface area contributed by atoms with Gasteiger partial charge < -0.3 is 5.73 Å². The predicted octanol–water partition coefficient (Wildman–Crippen LogP) is 2.41. The highest BCUT2D eigenvalue weighted by Gasteiger charge is 2.09. The van der Waals surface area contributed by atoms with E-state index in [1.807, 2.05) is 32.9 Å². The smallest absolute Gasteiger partial charge is 0.194 e. The van der Waals surface area contributed by atoms with Gasteiger partial charge in [-0.05, 0) is 49.7 Å². The first-order valence-electron chi connectivity index (χ1n) is 5.75. The molecule has 0 radical (unpaired) electrons. The second kappa shape index (κ2) is 5.46. The molecule has 2 rings (SSSR count). The Morgan fingerprint density at radius 2 is 1.83 bits per heavy atom. The van der Waals surface area contributed by atoms with Crippen LogP contribution in [-0.2, 0) is 6.54 Å². The number of aromatic nitrogens is 3. The van der Waals surface area contributed by atoms with Gasteiger partial charge in [-0.2, -0.15) is 0 Å². The summed E-state index contributed by atoms with van der Waals surface area (Å²) in [7, 11) is 0. The number of hydrogen-bond donors (Lipinski definition) is 1. The molecule has 2 aromatic rings. The molecule has 2 N–H and O–H groups in total. The van der Waals surface area contributed by atoms with Gasteiger partial charge in [-0.1, -0.05) is 6.07 Å². The maximum absolute atomic E-state index is 5.69. The zero-order valence-corrected chi connectivity index (χ0v) is 11.6. The molecule has 94 valence electrons. The molecular weight excluding hydrogens is 244 g/mol. The van der Waals surface area contributed by atoms with E-state index in [-0.39, 0.29) is 0 Å². The van der Waals surface area contributed by atoms with Crippen LogP contribution in [0.2, 0.25) is 0 Å². The number of nitrogens with zero attached hydrogens (tertiary/aromatic N) is 3. The first-order valence-corrected chi connectivity index (χ1v) is 6.57. The van der Waals surface area contributed by atoms with Crippen LogP contribution >= 0.6 is 11.8 Å². The molecule has 0 amide bonds. The molecule has 0 aliphatic carbocycles. The van der Waals surface area contributed by atoms with E-state index in [1.165, 1.54) is 11.8 Å². The van der Waals surface area contributed by atoms with Crippen molar-refractivity contribution < 1.29 is 0 Å². The summed E-state index contributed by atoms with van der Waals surface area (Å²) in [6, 6.07) is 3.86. The molecule has 18 heavy (non-hydrogen) atoms. The van der Waals surface area contributed by atoms with Gasteiger partial charge in [0.15, 0.2) is 5.16 Å². The van der Waals surface area contributed by atoms with Crippen molar-refractivity contribution in [1.29, 1.82) is 0 Å². The van der Waals surface area contributed by atoms with Crippen molar-refractivity contribution in [2.24, 2.45) is 5.73 Å². The lowest BCUT2D eigenvalue weighted by molar-refractivity contribution is 0.873. The Kier molecular flexibility index (Phi) is 3.93.